The molecule has 370 valence electrons. The van der Waals surface area contributed by atoms with Crippen LogP contribution in [-0.2, 0) is 51.1 Å². The van der Waals surface area contributed by atoms with Crippen molar-refractivity contribution in [2.24, 2.45) is 5.92 Å². The van der Waals surface area contributed by atoms with Crippen LogP contribution < -0.4 is 42.5 Å². The van der Waals surface area contributed by atoms with E-state index in [4.69, 9.17) is 4.74 Å². The van der Waals surface area contributed by atoms with Gasteiger partial charge < -0.3 is 52.4 Å². The molecule has 6 rings (SSSR count). The van der Waals surface area contributed by atoms with Crippen molar-refractivity contribution < 1.29 is 48.2 Å². The number of hydrogen-bond donors (Lipinski definition) is 9. The van der Waals surface area contributed by atoms with Gasteiger partial charge in [0.25, 0.3) is 0 Å². The van der Waals surface area contributed by atoms with Crippen LogP contribution in [0.25, 0.3) is 11.1 Å². The van der Waals surface area contributed by atoms with E-state index < -0.39 is 90.7 Å². The number of phenolic OH excluding ortho intramolecular Hbond substituents is 1. The molecule has 0 spiro atoms. The maximum atomic E-state index is 14.2. The molecule has 1 heterocycles. The topological polar surface area (TPSA) is 262 Å². The molecule has 18 heteroatoms. The van der Waals surface area contributed by atoms with E-state index in [-0.39, 0.29) is 56.4 Å². The molecule has 5 atom stereocenters. The van der Waals surface area contributed by atoms with Gasteiger partial charge in [0.1, 0.15) is 42.6 Å². The number of carbonyl (C=O) groups excluding carboxylic acids is 8. The standard InChI is InChI=1S/C52H62N8O10/c1-31(2)25-42-50(67)56-32(3)47(64)58-41(19-11-12-24-53-52(69)70-30-40-38-17-9-7-15-36(38)37-16-8-10-18-39(37)40)49(66)60-43(27-34-20-22-35(61)23-21-34)48(65)55-28-45(62)54-29-46(63)57-44(51(68)59-42)26-33-13-5-4-6-14-33/h4-10,13-18,20-23,31-32,40-44,61H,11-12,19,24-30H2,1-3H3,(H,53,69)(H,54,62)(H,55,65)(H,56,67)(H,57,63)(H,58,64)(H,59,68)(H,60,66)/t32-,41-,42-,43-,44-/m0/s1. The molecule has 9 N–H and O–H groups in total. The summed E-state index contributed by atoms with van der Waals surface area (Å²) in [6, 6.07) is 24.8. The summed E-state index contributed by atoms with van der Waals surface area (Å²) >= 11 is 0. The number of hydrogen-bond acceptors (Lipinski definition) is 10. The summed E-state index contributed by atoms with van der Waals surface area (Å²) in [4.78, 5) is 109. The van der Waals surface area contributed by atoms with Crippen molar-refractivity contribution >= 4 is 47.4 Å². The number of rotatable bonds is 13. The molecule has 0 radical (unpaired) electrons. The minimum absolute atomic E-state index is 0.0241. The summed E-state index contributed by atoms with van der Waals surface area (Å²) in [5, 5.41) is 31.0. The largest absolute Gasteiger partial charge is 0.508 e. The third kappa shape index (κ3) is 14.9. The molecule has 18 nitrogen and oxygen atoms in total. The molecule has 1 fully saturated rings. The second kappa shape index (κ2) is 25.0. The zero-order chi connectivity index (χ0) is 50.2. The Bertz CT molecular complexity index is 2460. The molecule has 2 aliphatic rings. The van der Waals surface area contributed by atoms with E-state index in [1.165, 1.54) is 19.1 Å². The lowest BCUT2D eigenvalue weighted by Gasteiger charge is -2.26. The summed E-state index contributed by atoms with van der Waals surface area (Å²) in [7, 11) is 0. The van der Waals surface area contributed by atoms with Crippen molar-refractivity contribution in [2.75, 3.05) is 26.2 Å². The molecule has 4 aromatic rings. The maximum Gasteiger partial charge on any atom is 0.407 e. The predicted molar refractivity (Wildman–Crippen MR) is 260 cm³/mol. The molecule has 4 aromatic carbocycles. The highest BCUT2D eigenvalue weighted by atomic mass is 16.5. The van der Waals surface area contributed by atoms with Crippen molar-refractivity contribution in [1.29, 1.82) is 0 Å². The van der Waals surface area contributed by atoms with Crippen LogP contribution >= 0.6 is 0 Å². The number of fused-ring (bicyclic) bond motifs is 3. The molecule has 0 unspecified atom stereocenters. The monoisotopic (exact) mass is 958 g/mol. The fraction of sp³-hybridized carbons (Fsp3) is 0.385. The van der Waals surface area contributed by atoms with Crippen molar-refractivity contribution in [1.82, 2.24) is 42.5 Å². The number of nitrogens with one attached hydrogen (secondary N) is 8. The first-order valence-electron chi connectivity index (χ1n) is 23.6. The van der Waals surface area contributed by atoms with Crippen molar-refractivity contribution in [3.05, 3.63) is 125 Å². The van der Waals surface area contributed by atoms with Gasteiger partial charge in [-0.2, -0.15) is 0 Å². The third-order valence-electron chi connectivity index (χ3n) is 12.1. The molecule has 0 saturated carbocycles. The van der Waals surface area contributed by atoms with Crippen molar-refractivity contribution in [2.45, 2.75) is 95.4 Å². The molecular formula is C52H62N8O10. The van der Waals surface area contributed by atoms with Gasteiger partial charge >= 0.3 is 6.09 Å². The summed E-state index contributed by atoms with van der Waals surface area (Å²) < 4.78 is 5.66. The van der Waals surface area contributed by atoms with Gasteiger partial charge in [0.05, 0.1) is 13.1 Å². The van der Waals surface area contributed by atoms with Gasteiger partial charge in [-0.25, -0.2) is 4.79 Å². The summed E-state index contributed by atoms with van der Waals surface area (Å²) in [6.45, 7) is 4.30. The number of aromatic hydroxyl groups is 1. The van der Waals surface area contributed by atoms with E-state index >= 15 is 0 Å². The van der Waals surface area contributed by atoms with Crippen molar-refractivity contribution in [3.8, 4) is 16.9 Å². The molecule has 70 heavy (non-hydrogen) atoms. The van der Waals surface area contributed by atoms with Gasteiger partial charge in [-0.1, -0.05) is 105 Å². The quantitative estimate of drug-likeness (QED) is 0.0886. The smallest absolute Gasteiger partial charge is 0.407 e. The number of benzene rings is 4. The second-order valence-corrected chi connectivity index (χ2v) is 18.0. The van der Waals surface area contributed by atoms with Crippen molar-refractivity contribution in [3.63, 3.8) is 0 Å². The Balaban J connectivity index is 1.16. The van der Waals surface area contributed by atoms with E-state index in [1.54, 1.807) is 42.5 Å². The van der Waals surface area contributed by atoms with Gasteiger partial charge in [-0.15, -0.1) is 0 Å². The number of alkyl carbamates (subject to hydrolysis) is 1. The second-order valence-electron chi connectivity index (χ2n) is 18.0. The normalized spacial score (nSPS) is 20.7. The highest BCUT2D eigenvalue weighted by Crippen LogP contribution is 2.44. The Kier molecular flexibility index (Phi) is 18.5. The van der Waals surface area contributed by atoms with Crippen LogP contribution in [0.4, 0.5) is 4.79 Å². The minimum Gasteiger partial charge on any atom is -0.508 e. The van der Waals surface area contributed by atoms with E-state index in [1.807, 2.05) is 62.4 Å². The maximum absolute atomic E-state index is 14.2. The van der Waals surface area contributed by atoms with Gasteiger partial charge in [0.2, 0.25) is 41.4 Å². The van der Waals surface area contributed by atoms with Gasteiger partial charge in [0.15, 0.2) is 0 Å². The first-order chi connectivity index (χ1) is 33.6. The Morgan fingerprint density at radius 2 is 1.14 bits per heavy atom. The fourth-order valence-electron chi connectivity index (χ4n) is 8.42. The first-order valence-corrected chi connectivity index (χ1v) is 23.6. The van der Waals surface area contributed by atoms with E-state index in [0.717, 1.165) is 22.3 Å². The summed E-state index contributed by atoms with van der Waals surface area (Å²) in [6.07, 6.45) is 0.226. The number of ether oxygens (including phenoxy) is 1. The predicted octanol–water partition coefficient (Wildman–Crippen LogP) is 2.62. The molecular weight excluding hydrogens is 897 g/mol. The van der Waals surface area contributed by atoms with Crippen LogP contribution in [0.2, 0.25) is 0 Å². The average Bonchev–Trinajstić information content (AvgIpc) is 3.66. The first kappa shape index (κ1) is 51.6. The lowest BCUT2D eigenvalue weighted by molar-refractivity contribution is -0.135. The summed E-state index contributed by atoms with van der Waals surface area (Å²) in [5.74, 6) is -5.31. The highest BCUT2D eigenvalue weighted by molar-refractivity contribution is 5.97. The molecule has 1 aliphatic heterocycles. The number of amides is 8. The van der Waals surface area contributed by atoms with Crippen LogP contribution in [-0.4, -0.2) is 109 Å². The molecule has 8 amide bonds. The Morgan fingerprint density at radius 3 is 1.80 bits per heavy atom. The fourth-order valence-corrected chi connectivity index (χ4v) is 8.42. The number of phenols is 1. The number of carbonyl (C=O) groups is 8. The van der Waals surface area contributed by atoms with E-state index in [2.05, 4.69) is 42.5 Å². The average molecular weight is 959 g/mol. The Labute approximate surface area is 406 Å². The zero-order valence-electron chi connectivity index (χ0n) is 39.5. The molecule has 1 aliphatic carbocycles. The molecule has 1 saturated heterocycles. The number of unbranched alkanes of at least 4 members (excludes halogenated alkanes) is 1. The zero-order valence-corrected chi connectivity index (χ0v) is 39.5. The van der Waals surface area contributed by atoms with Crippen LogP contribution in [0.3, 0.4) is 0 Å². The van der Waals surface area contributed by atoms with Crippen LogP contribution in [0.1, 0.15) is 74.6 Å². The van der Waals surface area contributed by atoms with E-state index in [0.29, 0.717) is 24.0 Å². The SMILES string of the molecule is CC(C)C[C@@H]1NC(=O)[C@H](Cc2ccccc2)NC(=O)CNC(=O)CNC(=O)[C@H](Cc2ccc(O)cc2)NC(=O)[C@H](CCCCNC(=O)OCC2c3ccccc3-c3ccccc32)NC(=O)[C@H](C)NC1=O. The lowest BCUT2D eigenvalue weighted by Crippen LogP contribution is -2.59. The van der Waals surface area contributed by atoms with Gasteiger partial charge in [0, 0.05) is 25.3 Å². The van der Waals surface area contributed by atoms with Gasteiger partial charge in [-0.05, 0) is 84.0 Å². The van der Waals surface area contributed by atoms with Crippen LogP contribution in [0.15, 0.2) is 103 Å². The highest BCUT2D eigenvalue weighted by Gasteiger charge is 2.33. The minimum atomic E-state index is -1.29. The summed E-state index contributed by atoms with van der Waals surface area (Å²) in [5.41, 5.74) is 5.61. The Morgan fingerprint density at radius 1 is 0.600 bits per heavy atom. The van der Waals surface area contributed by atoms with Gasteiger partial charge in [-0.3, -0.25) is 33.6 Å². The van der Waals surface area contributed by atoms with Crippen LogP contribution in [0, 0.1) is 5.92 Å². The lowest BCUT2D eigenvalue weighted by atomic mass is 9.98. The van der Waals surface area contributed by atoms with Crippen LogP contribution in [0.5, 0.6) is 5.75 Å². The molecule has 0 aromatic heterocycles. The van der Waals surface area contributed by atoms with E-state index in [9.17, 15) is 43.5 Å². The molecule has 0 bridgehead atoms. The Hall–Kier alpha value is -7.76. The third-order valence-corrected chi connectivity index (χ3v) is 12.1.